The summed E-state index contributed by atoms with van der Waals surface area (Å²) in [6, 6.07) is 3.59. The SMILES string of the molecule is CN1CCN(c2ccnc(C(N)CO)c2)CC1. The number of pyridine rings is 1. The van der Waals surface area contributed by atoms with Gasteiger partial charge in [-0.25, -0.2) is 0 Å². The topological polar surface area (TPSA) is 65.6 Å². The number of aromatic nitrogens is 1. The number of aliphatic hydroxyl groups excluding tert-OH is 1. The van der Waals surface area contributed by atoms with Crippen LogP contribution in [0.15, 0.2) is 18.3 Å². The van der Waals surface area contributed by atoms with Crippen LogP contribution in [0.3, 0.4) is 0 Å². The van der Waals surface area contributed by atoms with Crippen LogP contribution < -0.4 is 10.6 Å². The smallest absolute Gasteiger partial charge is 0.0705 e. The van der Waals surface area contributed by atoms with E-state index in [1.54, 1.807) is 6.20 Å². The van der Waals surface area contributed by atoms with E-state index < -0.39 is 0 Å². The van der Waals surface area contributed by atoms with Crippen LogP contribution in [0.5, 0.6) is 0 Å². The van der Waals surface area contributed by atoms with Gasteiger partial charge in [-0.3, -0.25) is 4.98 Å². The number of nitrogens with zero attached hydrogens (tertiary/aromatic N) is 3. The molecule has 5 heteroatoms. The summed E-state index contributed by atoms with van der Waals surface area (Å²) in [6.07, 6.45) is 1.76. The molecule has 2 heterocycles. The van der Waals surface area contributed by atoms with Crippen molar-refractivity contribution in [2.24, 2.45) is 5.73 Å². The van der Waals surface area contributed by atoms with Crippen molar-refractivity contribution < 1.29 is 5.11 Å². The quantitative estimate of drug-likeness (QED) is 0.762. The van der Waals surface area contributed by atoms with E-state index in [1.165, 1.54) is 0 Å². The molecule has 0 amide bonds. The zero-order valence-corrected chi connectivity index (χ0v) is 10.2. The Balaban J connectivity index is 2.10. The lowest BCUT2D eigenvalue weighted by Gasteiger charge is -2.34. The molecule has 0 aromatic carbocycles. The number of anilines is 1. The van der Waals surface area contributed by atoms with Crippen molar-refractivity contribution in [3.8, 4) is 0 Å². The van der Waals surface area contributed by atoms with Gasteiger partial charge >= 0.3 is 0 Å². The second-order valence-electron chi connectivity index (χ2n) is 4.52. The van der Waals surface area contributed by atoms with Crippen molar-refractivity contribution in [3.63, 3.8) is 0 Å². The number of nitrogens with two attached hydrogens (primary N) is 1. The van der Waals surface area contributed by atoms with Crippen LogP contribution in [0, 0.1) is 0 Å². The molecule has 1 saturated heterocycles. The van der Waals surface area contributed by atoms with E-state index in [9.17, 15) is 0 Å². The molecule has 1 fully saturated rings. The van der Waals surface area contributed by atoms with Crippen LogP contribution >= 0.6 is 0 Å². The van der Waals surface area contributed by atoms with Crippen molar-refractivity contribution in [1.82, 2.24) is 9.88 Å². The summed E-state index contributed by atoms with van der Waals surface area (Å²) in [5.41, 5.74) is 7.67. The Morgan fingerprint density at radius 1 is 1.41 bits per heavy atom. The van der Waals surface area contributed by atoms with Gasteiger partial charge in [-0.2, -0.15) is 0 Å². The summed E-state index contributed by atoms with van der Waals surface area (Å²) in [4.78, 5) is 8.84. The lowest BCUT2D eigenvalue weighted by Crippen LogP contribution is -2.44. The summed E-state index contributed by atoms with van der Waals surface area (Å²) in [5, 5.41) is 9.04. The van der Waals surface area contributed by atoms with E-state index in [-0.39, 0.29) is 12.6 Å². The third-order valence-corrected chi connectivity index (χ3v) is 3.21. The molecule has 0 spiro atoms. The van der Waals surface area contributed by atoms with Crippen LogP contribution in [-0.2, 0) is 0 Å². The summed E-state index contributed by atoms with van der Waals surface area (Å²) >= 11 is 0. The average molecular weight is 236 g/mol. The molecule has 94 valence electrons. The maximum Gasteiger partial charge on any atom is 0.0705 e. The molecular weight excluding hydrogens is 216 g/mol. The monoisotopic (exact) mass is 236 g/mol. The molecule has 1 aliphatic heterocycles. The number of hydrogen-bond acceptors (Lipinski definition) is 5. The maximum absolute atomic E-state index is 9.04. The average Bonchev–Trinajstić information content (AvgIpc) is 2.39. The molecule has 0 aliphatic carbocycles. The number of rotatable bonds is 3. The minimum atomic E-state index is -0.387. The highest BCUT2D eigenvalue weighted by Crippen LogP contribution is 2.18. The highest BCUT2D eigenvalue weighted by Gasteiger charge is 2.15. The number of hydrogen-bond donors (Lipinski definition) is 2. The predicted molar refractivity (Wildman–Crippen MR) is 68.0 cm³/mol. The number of likely N-dealkylation sites (N-methyl/N-ethyl adjacent to an activating group) is 1. The van der Waals surface area contributed by atoms with E-state index in [4.69, 9.17) is 10.8 Å². The second-order valence-corrected chi connectivity index (χ2v) is 4.52. The fourth-order valence-corrected chi connectivity index (χ4v) is 1.99. The summed E-state index contributed by atoms with van der Waals surface area (Å²) in [6.45, 7) is 4.12. The van der Waals surface area contributed by atoms with Crippen LogP contribution in [0.1, 0.15) is 11.7 Å². The fraction of sp³-hybridized carbons (Fsp3) is 0.583. The van der Waals surface area contributed by atoms with Crippen molar-refractivity contribution in [2.45, 2.75) is 6.04 Å². The van der Waals surface area contributed by atoms with E-state index in [1.807, 2.05) is 12.1 Å². The normalized spacial score (nSPS) is 19.4. The van der Waals surface area contributed by atoms with Crippen LogP contribution in [0.2, 0.25) is 0 Å². The van der Waals surface area contributed by atoms with Gasteiger partial charge in [0.25, 0.3) is 0 Å². The zero-order valence-electron chi connectivity index (χ0n) is 10.2. The minimum Gasteiger partial charge on any atom is -0.394 e. The first-order valence-electron chi connectivity index (χ1n) is 5.96. The fourth-order valence-electron chi connectivity index (χ4n) is 1.99. The Kier molecular flexibility index (Phi) is 3.93. The molecule has 0 bridgehead atoms. The third-order valence-electron chi connectivity index (χ3n) is 3.21. The van der Waals surface area contributed by atoms with Crippen LogP contribution in [0.25, 0.3) is 0 Å². The van der Waals surface area contributed by atoms with Gasteiger partial charge in [0.2, 0.25) is 0 Å². The van der Waals surface area contributed by atoms with Crippen molar-refractivity contribution in [3.05, 3.63) is 24.0 Å². The first-order valence-corrected chi connectivity index (χ1v) is 5.96. The molecule has 0 radical (unpaired) electrons. The molecule has 5 nitrogen and oxygen atoms in total. The van der Waals surface area contributed by atoms with Gasteiger partial charge in [0.1, 0.15) is 0 Å². The molecule has 1 atom stereocenters. The van der Waals surface area contributed by atoms with Gasteiger partial charge in [0, 0.05) is 38.1 Å². The van der Waals surface area contributed by atoms with Gasteiger partial charge in [-0.15, -0.1) is 0 Å². The van der Waals surface area contributed by atoms with E-state index in [0.717, 1.165) is 37.6 Å². The van der Waals surface area contributed by atoms with Gasteiger partial charge in [-0.05, 0) is 19.2 Å². The van der Waals surface area contributed by atoms with Gasteiger partial charge in [0.05, 0.1) is 18.3 Å². The Hall–Kier alpha value is -1.17. The van der Waals surface area contributed by atoms with Crippen molar-refractivity contribution in [2.75, 3.05) is 44.7 Å². The Morgan fingerprint density at radius 2 is 2.12 bits per heavy atom. The van der Waals surface area contributed by atoms with Gasteiger partial charge in [0.15, 0.2) is 0 Å². The maximum atomic E-state index is 9.04. The molecule has 3 N–H and O–H groups in total. The molecule has 1 aliphatic rings. The summed E-state index contributed by atoms with van der Waals surface area (Å²) < 4.78 is 0. The largest absolute Gasteiger partial charge is 0.394 e. The van der Waals surface area contributed by atoms with Gasteiger partial charge < -0.3 is 20.6 Å². The number of piperazine rings is 1. The first-order chi connectivity index (χ1) is 8.20. The first kappa shape index (κ1) is 12.3. The molecule has 1 aromatic heterocycles. The highest BCUT2D eigenvalue weighted by molar-refractivity contribution is 5.47. The highest BCUT2D eigenvalue weighted by atomic mass is 16.3. The predicted octanol–water partition coefficient (Wildman–Crippen LogP) is -0.174. The lowest BCUT2D eigenvalue weighted by atomic mass is 10.2. The Bertz CT molecular complexity index is 363. The molecule has 17 heavy (non-hydrogen) atoms. The van der Waals surface area contributed by atoms with Crippen molar-refractivity contribution in [1.29, 1.82) is 0 Å². The second kappa shape index (κ2) is 5.44. The minimum absolute atomic E-state index is 0.0702. The Morgan fingerprint density at radius 3 is 2.76 bits per heavy atom. The molecule has 1 aromatic rings. The van der Waals surface area contributed by atoms with Crippen LogP contribution in [0.4, 0.5) is 5.69 Å². The molecule has 1 unspecified atom stereocenters. The molecule has 0 saturated carbocycles. The lowest BCUT2D eigenvalue weighted by molar-refractivity contribution is 0.266. The van der Waals surface area contributed by atoms with E-state index >= 15 is 0 Å². The Labute approximate surface area is 102 Å². The number of aliphatic hydroxyl groups is 1. The van der Waals surface area contributed by atoms with E-state index in [0.29, 0.717) is 0 Å². The zero-order chi connectivity index (χ0) is 12.3. The molecule has 2 rings (SSSR count). The van der Waals surface area contributed by atoms with Crippen LogP contribution in [-0.4, -0.2) is 54.8 Å². The van der Waals surface area contributed by atoms with Gasteiger partial charge in [-0.1, -0.05) is 0 Å². The molecular formula is C12H20N4O. The van der Waals surface area contributed by atoms with Crippen molar-refractivity contribution >= 4 is 5.69 Å². The summed E-state index contributed by atoms with van der Waals surface area (Å²) in [5.74, 6) is 0. The standard InChI is InChI=1S/C12H20N4O/c1-15-4-6-16(7-5-15)10-2-3-14-12(8-10)11(13)9-17/h2-3,8,11,17H,4-7,9,13H2,1H3. The third kappa shape index (κ3) is 2.94. The summed E-state index contributed by atoms with van der Waals surface area (Å²) in [7, 11) is 2.14. The van der Waals surface area contributed by atoms with E-state index in [2.05, 4.69) is 21.8 Å².